The van der Waals surface area contributed by atoms with Gasteiger partial charge in [0.2, 0.25) is 5.91 Å². The van der Waals surface area contributed by atoms with Crippen molar-refractivity contribution in [1.82, 2.24) is 10.6 Å². The molecule has 1 aliphatic carbocycles. The Morgan fingerprint density at radius 3 is 2.81 bits per heavy atom. The molecule has 0 aliphatic heterocycles. The van der Waals surface area contributed by atoms with E-state index in [1.165, 1.54) is 18.4 Å². The molecule has 1 saturated carbocycles. The molecule has 2 N–H and O–H groups in total. The van der Waals surface area contributed by atoms with Crippen LogP contribution in [0, 0.1) is 0 Å². The van der Waals surface area contributed by atoms with E-state index in [0.29, 0.717) is 24.2 Å². The van der Waals surface area contributed by atoms with Gasteiger partial charge in [0.15, 0.2) is 0 Å². The highest BCUT2D eigenvalue weighted by Gasteiger charge is 2.20. The van der Waals surface area contributed by atoms with Crippen molar-refractivity contribution >= 4 is 23.2 Å². The van der Waals surface area contributed by atoms with Crippen molar-refractivity contribution in [1.29, 1.82) is 0 Å². The summed E-state index contributed by atoms with van der Waals surface area (Å²) in [6.07, 6.45) is 3.50. The maximum absolute atomic E-state index is 11.7. The fourth-order valence-corrected chi connectivity index (χ4v) is 2.49. The smallest absolute Gasteiger partial charge is 0.239 e. The number of nitrogens with zero attached hydrogens (tertiary/aromatic N) is 1. The molecule has 0 spiro atoms. The van der Waals surface area contributed by atoms with E-state index in [4.69, 9.17) is 11.6 Å². The van der Waals surface area contributed by atoms with Crippen LogP contribution in [0.3, 0.4) is 0 Å². The molecule has 21 heavy (non-hydrogen) atoms. The normalized spacial score (nSPS) is 14.0. The highest BCUT2D eigenvalue weighted by atomic mass is 35.5. The Labute approximate surface area is 131 Å². The van der Waals surface area contributed by atoms with E-state index in [9.17, 15) is 4.79 Å². The molecule has 0 saturated heterocycles. The van der Waals surface area contributed by atoms with Crippen LogP contribution < -0.4 is 15.5 Å². The van der Waals surface area contributed by atoms with Crippen LogP contribution in [0.2, 0.25) is 5.02 Å². The number of carbonyl (C=O) groups excluding carboxylic acids is 1. The Morgan fingerprint density at radius 1 is 1.43 bits per heavy atom. The summed E-state index contributed by atoms with van der Waals surface area (Å²) < 4.78 is 0. The molecule has 0 unspecified atom stereocenters. The van der Waals surface area contributed by atoms with Gasteiger partial charge in [-0.15, -0.1) is 0 Å². The topological polar surface area (TPSA) is 44.4 Å². The van der Waals surface area contributed by atoms with Gasteiger partial charge in [-0.2, -0.15) is 0 Å². The fourth-order valence-electron chi connectivity index (χ4n) is 2.14. The number of hydrogen-bond acceptors (Lipinski definition) is 3. The van der Waals surface area contributed by atoms with E-state index in [0.717, 1.165) is 18.7 Å². The Kier molecular flexibility index (Phi) is 5.88. The predicted molar refractivity (Wildman–Crippen MR) is 87.9 cm³/mol. The maximum atomic E-state index is 11.7. The Hall–Kier alpha value is -1.26. The van der Waals surface area contributed by atoms with Crippen molar-refractivity contribution < 1.29 is 4.79 Å². The minimum atomic E-state index is 0.0230. The third kappa shape index (κ3) is 5.21. The number of nitrogens with one attached hydrogen (secondary N) is 2. The van der Waals surface area contributed by atoms with Crippen LogP contribution in [0.15, 0.2) is 18.2 Å². The lowest BCUT2D eigenvalue weighted by atomic mass is 10.2. The molecule has 0 heterocycles. The lowest BCUT2D eigenvalue weighted by molar-refractivity contribution is -0.119. The zero-order valence-electron chi connectivity index (χ0n) is 12.8. The fraction of sp³-hybridized carbons (Fsp3) is 0.562. The lowest BCUT2D eigenvalue weighted by Crippen LogP contribution is -2.35. The van der Waals surface area contributed by atoms with E-state index < -0.39 is 0 Å². The van der Waals surface area contributed by atoms with Gasteiger partial charge in [-0.05, 0) is 37.0 Å². The molecular formula is C16H24ClN3O. The highest BCUT2D eigenvalue weighted by Crippen LogP contribution is 2.26. The number of amides is 1. The molecule has 1 aromatic rings. The summed E-state index contributed by atoms with van der Waals surface area (Å²) in [5, 5.41) is 7.03. The van der Waals surface area contributed by atoms with Gasteiger partial charge in [0.25, 0.3) is 0 Å². The third-order valence-electron chi connectivity index (χ3n) is 3.55. The largest absolute Gasteiger partial charge is 0.364 e. The van der Waals surface area contributed by atoms with Gasteiger partial charge in [0.1, 0.15) is 0 Å². The zero-order chi connectivity index (χ0) is 15.2. The summed E-state index contributed by atoms with van der Waals surface area (Å²) in [5.74, 6) is 0.0230. The highest BCUT2D eigenvalue weighted by molar-refractivity contribution is 6.33. The summed E-state index contributed by atoms with van der Waals surface area (Å²) >= 11 is 6.34. The number of likely N-dealkylation sites (N-methyl/N-ethyl adjacent to an activating group) is 1. The van der Waals surface area contributed by atoms with Crippen molar-refractivity contribution in [2.75, 3.05) is 25.0 Å². The first-order valence-corrected chi connectivity index (χ1v) is 7.97. The zero-order valence-corrected chi connectivity index (χ0v) is 13.5. The van der Waals surface area contributed by atoms with Gasteiger partial charge in [-0.25, -0.2) is 0 Å². The van der Waals surface area contributed by atoms with E-state index in [2.05, 4.69) is 16.7 Å². The second-order valence-corrected chi connectivity index (χ2v) is 6.05. The van der Waals surface area contributed by atoms with Crippen LogP contribution >= 0.6 is 11.6 Å². The number of halogens is 1. The van der Waals surface area contributed by atoms with Crippen molar-refractivity contribution in [3.05, 3.63) is 28.8 Å². The minimum Gasteiger partial charge on any atom is -0.364 e. The second kappa shape index (κ2) is 7.66. The van der Waals surface area contributed by atoms with Crippen molar-refractivity contribution in [2.45, 2.75) is 38.8 Å². The molecule has 1 aliphatic rings. The molecular weight excluding hydrogens is 286 g/mol. The first kappa shape index (κ1) is 16.1. The van der Waals surface area contributed by atoms with Gasteiger partial charge in [-0.3, -0.25) is 4.79 Å². The van der Waals surface area contributed by atoms with Gasteiger partial charge in [-0.1, -0.05) is 24.6 Å². The van der Waals surface area contributed by atoms with Crippen molar-refractivity contribution in [2.24, 2.45) is 0 Å². The predicted octanol–water partition coefficient (Wildman–Crippen LogP) is 2.55. The van der Waals surface area contributed by atoms with Crippen LogP contribution in [0.5, 0.6) is 0 Å². The first-order chi connectivity index (χ1) is 10.1. The lowest BCUT2D eigenvalue weighted by Gasteiger charge is -2.20. The Morgan fingerprint density at radius 2 is 2.19 bits per heavy atom. The summed E-state index contributed by atoms with van der Waals surface area (Å²) in [7, 11) is 1.88. The van der Waals surface area contributed by atoms with Gasteiger partial charge in [0, 0.05) is 26.2 Å². The molecule has 4 nitrogen and oxygen atoms in total. The third-order valence-corrected chi connectivity index (χ3v) is 3.85. The summed E-state index contributed by atoms with van der Waals surface area (Å²) in [5.41, 5.74) is 2.07. The second-order valence-electron chi connectivity index (χ2n) is 5.65. The molecule has 116 valence electrons. The molecule has 5 heteroatoms. The molecule has 0 bridgehead atoms. The van der Waals surface area contributed by atoms with E-state index in [1.54, 1.807) is 0 Å². The first-order valence-electron chi connectivity index (χ1n) is 7.59. The number of rotatable bonds is 8. The SMILES string of the molecule is CCCNC(=O)CN(C)c1ccc(CNC2CC2)cc1Cl. The van der Waals surface area contributed by atoms with Crippen LogP contribution in [0.25, 0.3) is 0 Å². The number of benzene rings is 1. The minimum absolute atomic E-state index is 0.0230. The average molecular weight is 310 g/mol. The summed E-state index contributed by atoms with van der Waals surface area (Å²) in [6, 6.07) is 6.72. The number of anilines is 1. The maximum Gasteiger partial charge on any atom is 0.239 e. The van der Waals surface area contributed by atoms with Crippen LogP contribution in [0.1, 0.15) is 31.7 Å². The standard InChI is InChI=1S/C16H24ClN3O/c1-3-8-18-16(21)11-20(2)15-7-4-12(9-14(15)17)10-19-13-5-6-13/h4,7,9,13,19H,3,5-6,8,10-11H2,1-2H3,(H,18,21). The Bertz CT molecular complexity index is 488. The number of hydrogen-bond donors (Lipinski definition) is 2. The Balaban J connectivity index is 1.90. The molecule has 1 amide bonds. The molecule has 0 atom stereocenters. The van der Waals surface area contributed by atoms with Gasteiger partial charge in [0.05, 0.1) is 17.3 Å². The van der Waals surface area contributed by atoms with E-state index in [-0.39, 0.29) is 5.91 Å². The van der Waals surface area contributed by atoms with Crippen molar-refractivity contribution in [3.8, 4) is 0 Å². The summed E-state index contributed by atoms with van der Waals surface area (Å²) in [4.78, 5) is 13.6. The molecule has 0 radical (unpaired) electrons. The quantitative estimate of drug-likeness (QED) is 0.775. The van der Waals surface area contributed by atoms with E-state index >= 15 is 0 Å². The van der Waals surface area contributed by atoms with Gasteiger partial charge < -0.3 is 15.5 Å². The molecule has 1 aromatic carbocycles. The van der Waals surface area contributed by atoms with Crippen LogP contribution in [0.4, 0.5) is 5.69 Å². The molecule has 2 rings (SSSR count). The van der Waals surface area contributed by atoms with Crippen molar-refractivity contribution in [3.63, 3.8) is 0 Å². The number of carbonyl (C=O) groups is 1. The van der Waals surface area contributed by atoms with Crippen LogP contribution in [-0.4, -0.2) is 32.1 Å². The average Bonchev–Trinajstić information content (AvgIpc) is 3.27. The monoisotopic (exact) mass is 309 g/mol. The van der Waals surface area contributed by atoms with Gasteiger partial charge >= 0.3 is 0 Å². The van der Waals surface area contributed by atoms with E-state index in [1.807, 2.05) is 31.0 Å². The molecule has 0 aromatic heterocycles. The molecule has 1 fully saturated rings. The summed E-state index contributed by atoms with van der Waals surface area (Å²) in [6.45, 7) is 3.92. The van der Waals surface area contributed by atoms with Crippen LogP contribution in [-0.2, 0) is 11.3 Å².